The molecular formula is C14H21NO2S. The second kappa shape index (κ2) is 6.71. The first-order valence-electron chi connectivity index (χ1n) is 6.04. The highest BCUT2D eigenvalue weighted by molar-refractivity contribution is 7.80. The van der Waals surface area contributed by atoms with Gasteiger partial charge in [-0.2, -0.15) is 0 Å². The van der Waals surface area contributed by atoms with E-state index in [0.29, 0.717) is 23.3 Å². The van der Waals surface area contributed by atoms with Crippen LogP contribution in [0.1, 0.15) is 31.9 Å². The molecule has 18 heavy (non-hydrogen) atoms. The minimum Gasteiger partial charge on any atom is -0.496 e. The summed E-state index contributed by atoms with van der Waals surface area (Å²) in [5.41, 5.74) is 7.43. The maximum absolute atomic E-state index is 5.77. The largest absolute Gasteiger partial charge is 0.496 e. The van der Waals surface area contributed by atoms with Gasteiger partial charge in [0.1, 0.15) is 10.7 Å². The Morgan fingerprint density at radius 3 is 2.50 bits per heavy atom. The van der Waals surface area contributed by atoms with Crippen molar-refractivity contribution in [3.63, 3.8) is 0 Å². The van der Waals surface area contributed by atoms with E-state index in [0.717, 1.165) is 11.1 Å². The number of methoxy groups -OCH3 is 1. The molecule has 1 unspecified atom stereocenters. The lowest BCUT2D eigenvalue weighted by atomic mass is 10.1. The number of hydrogen-bond donors (Lipinski definition) is 1. The van der Waals surface area contributed by atoms with Gasteiger partial charge in [0.2, 0.25) is 0 Å². The fourth-order valence-electron chi connectivity index (χ4n) is 1.45. The van der Waals surface area contributed by atoms with Crippen molar-refractivity contribution in [1.29, 1.82) is 0 Å². The third-order valence-electron chi connectivity index (χ3n) is 2.98. The summed E-state index contributed by atoms with van der Waals surface area (Å²) >= 11 is 4.97. The van der Waals surface area contributed by atoms with E-state index in [2.05, 4.69) is 20.8 Å². The van der Waals surface area contributed by atoms with Crippen LogP contribution < -0.4 is 10.5 Å². The second-order valence-corrected chi connectivity index (χ2v) is 5.10. The van der Waals surface area contributed by atoms with E-state index in [1.165, 1.54) is 0 Å². The smallest absolute Gasteiger partial charge is 0.129 e. The Kier molecular flexibility index (Phi) is 5.56. The highest BCUT2D eigenvalue weighted by Crippen LogP contribution is 2.21. The molecule has 0 heterocycles. The maximum atomic E-state index is 5.77. The molecule has 0 aliphatic rings. The molecule has 1 aromatic carbocycles. The summed E-state index contributed by atoms with van der Waals surface area (Å²) in [6.45, 7) is 6.92. The molecular weight excluding hydrogens is 246 g/mol. The number of thiocarbonyl (C=S) groups is 1. The summed E-state index contributed by atoms with van der Waals surface area (Å²) < 4.78 is 11.0. The van der Waals surface area contributed by atoms with Crippen LogP contribution in [0.2, 0.25) is 0 Å². The number of rotatable bonds is 6. The van der Waals surface area contributed by atoms with E-state index >= 15 is 0 Å². The second-order valence-electron chi connectivity index (χ2n) is 4.66. The molecule has 0 fully saturated rings. The summed E-state index contributed by atoms with van der Waals surface area (Å²) in [5.74, 6) is 1.20. The van der Waals surface area contributed by atoms with Crippen LogP contribution in [0.5, 0.6) is 5.75 Å². The fraction of sp³-hybridized carbons (Fsp3) is 0.500. The molecule has 2 N–H and O–H groups in total. The van der Waals surface area contributed by atoms with Gasteiger partial charge < -0.3 is 15.2 Å². The van der Waals surface area contributed by atoms with Gasteiger partial charge in [0, 0.05) is 0 Å². The van der Waals surface area contributed by atoms with Crippen molar-refractivity contribution < 1.29 is 9.47 Å². The van der Waals surface area contributed by atoms with Crippen LogP contribution >= 0.6 is 12.2 Å². The van der Waals surface area contributed by atoms with E-state index in [9.17, 15) is 0 Å². The summed E-state index contributed by atoms with van der Waals surface area (Å²) in [6.07, 6.45) is 0.228. The van der Waals surface area contributed by atoms with Gasteiger partial charge in [-0.3, -0.25) is 0 Å². The Morgan fingerprint density at radius 2 is 2.00 bits per heavy atom. The van der Waals surface area contributed by atoms with Gasteiger partial charge >= 0.3 is 0 Å². The highest BCUT2D eigenvalue weighted by Gasteiger charge is 2.10. The molecule has 0 saturated heterocycles. The minimum atomic E-state index is 0.228. The predicted octanol–water partition coefficient (Wildman–Crippen LogP) is 2.89. The van der Waals surface area contributed by atoms with Gasteiger partial charge in [0.25, 0.3) is 0 Å². The average Bonchev–Trinajstić information content (AvgIpc) is 2.34. The molecule has 4 heteroatoms. The maximum Gasteiger partial charge on any atom is 0.129 e. The summed E-state index contributed by atoms with van der Waals surface area (Å²) in [4.78, 5) is 0.342. The zero-order chi connectivity index (χ0) is 13.7. The SMILES string of the molecule is COc1cc(COC(C)C(C)C)ccc1C(N)=S. The van der Waals surface area contributed by atoms with Crippen molar-refractivity contribution in [2.24, 2.45) is 11.7 Å². The molecule has 0 bridgehead atoms. The normalized spacial score (nSPS) is 12.5. The van der Waals surface area contributed by atoms with Crippen molar-refractivity contribution >= 4 is 17.2 Å². The molecule has 100 valence electrons. The monoisotopic (exact) mass is 267 g/mol. The molecule has 3 nitrogen and oxygen atoms in total. The quantitative estimate of drug-likeness (QED) is 0.805. The van der Waals surface area contributed by atoms with E-state index in [1.54, 1.807) is 7.11 Å². The Morgan fingerprint density at radius 1 is 1.33 bits per heavy atom. The van der Waals surface area contributed by atoms with Gasteiger partial charge in [-0.05, 0) is 30.5 Å². The fourth-order valence-corrected chi connectivity index (χ4v) is 1.62. The lowest BCUT2D eigenvalue weighted by Gasteiger charge is -2.17. The lowest BCUT2D eigenvalue weighted by Crippen LogP contribution is -2.15. The first-order chi connectivity index (χ1) is 8.45. The van der Waals surface area contributed by atoms with Crippen LogP contribution in [0.15, 0.2) is 18.2 Å². The minimum absolute atomic E-state index is 0.228. The molecule has 0 saturated carbocycles. The van der Waals surface area contributed by atoms with Crippen LogP contribution in [0.3, 0.4) is 0 Å². The molecule has 0 aliphatic carbocycles. The summed E-state index contributed by atoms with van der Waals surface area (Å²) in [5, 5.41) is 0. The Balaban J connectivity index is 2.77. The van der Waals surface area contributed by atoms with Crippen LogP contribution in [0.25, 0.3) is 0 Å². The lowest BCUT2D eigenvalue weighted by molar-refractivity contribution is 0.0234. The molecule has 0 amide bonds. The average molecular weight is 267 g/mol. The zero-order valence-electron chi connectivity index (χ0n) is 11.4. The molecule has 1 rings (SSSR count). The third-order valence-corrected chi connectivity index (χ3v) is 3.20. The van der Waals surface area contributed by atoms with E-state index < -0.39 is 0 Å². The Hall–Kier alpha value is -1.13. The number of hydrogen-bond acceptors (Lipinski definition) is 3. The first kappa shape index (κ1) is 14.9. The first-order valence-corrected chi connectivity index (χ1v) is 6.44. The molecule has 0 aliphatic heterocycles. The molecule has 0 spiro atoms. The van der Waals surface area contributed by atoms with Crippen LogP contribution in [-0.4, -0.2) is 18.2 Å². The Bertz CT molecular complexity index is 418. The van der Waals surface area contributed by atoms with Crippen LogP contribution in [-0.2, 0) is 11.3 Å². The molecule has 0 aromatic heterocycles. The van der Waals surface area contributed by atoms with Gasteiger partial charge in [0.15, 0.2) is 0 Å². The van der Waals surface area contributed by atoms with Crippen molar-refractivity contribution in [3.05, 3.63) is 29.3 Å². The van der Waals surface area contributed by atoms with Crippen molar-refractivity contribution in [2.45, 2.75) is 33.5 Å². The van der Waals surface area contributed by atoms with Crippen molar-refractivity contribution in [2.75, 3.05) is 7.11 Å². The van der Waals surface area contributed by atoms with Crippen molar-refractivity contribution in [3.8, 4) is 5.75 Å². The molecule has 1 atom stereocenters. The van der Waals surface area contributed by atoms with Crippen LogP contribution in [0.4, 0.5) is 0 Å². The van der Waals surface area contributed by atoms with E-state index in [-0.39, 0.29) is 6.10 Å². The van der Waals surface area contributed by atoms with Gasteiger partial charge in [-0.15, -0.1) is 0 Å². The number of ether oxygens (including phenoxy) is 2. The van der Waals surface area contributed by atoms with E-state index in [4.69, 9.17) is 27.4 Å². The molecule has 0 radical (unpaired) electrons. The topological polar surface area (TPSA) is 44.5 Å². The van der Waals surface area contributed by atoms with Gasteiger partial charge in [-0.25, -0.2) is 0 Å². The number of nitrogens with two attached hydrogens (primary N) is 1. The third kappa shape index (κ3) is 3.96. The summed E-state index contributed by atoms with van der Waals surface area (Å²) in [7, 11) is 1.61. The predicted molar refractivity (Wildman–Crippen MR) is 78.0 cm³/mol. The highest BCUT2D eigenvalue weighted by atomic mass is 32.1. The van der Waals surface area contributed by atoms with E-state index in [1.807, 2.05) is 18.2 Å². The number of benzene rings is 1. The molecule has 1 aromatic rings. The zero-order valence-corrected chi connectivity index (χ0v) is 12.2. The van der Waals surface area contributed by atoms with Crippen molar-refractivity contribution in [1.82, 2.24) is 0 Å². The summed E-state index contributed by atoms with van der Waals surface area (Å²) in [6, 6.07) is 5.76. The van der Waals surface area contributed by atoms with Crippen LogP contribution in [0, 0.1) is 5.92 Å². The Labute approximate surface area is 114 Å². The van der Waals surface area contributed by atoms with Gasteiger partial charge in [0.05, 0.1) is 25.4 Å². The van der Waals surface area contributed by atoms with Gasteiger partial charge in [-0.1, -0.05) is 32.1 Å². The standard InChI is InChI=1S/C14H21NO2S/c1-9(2)10(3)17-8-11-5-6-12(14(15)18)13(7-11)16-4/h5-7,9-10H,8H2,1-4H3,(H2,15,18).